The van der Waals surface area contributed by atoms with E-state index < -0.39 is 0 Å². The summed E-state index contributed by atoms with van der Waals surface area (Å²) in [6, 6.07) is 9.20. The molecule has 0 radical (unpaired) electrons. The smallest absolute Gasteiger partial charge is 0.0764 e. The maximum atomic E-state index is 3.81. The standard InChI is InChI=1S/C16H21NS2/c1-12-6-7-13(10-12)11-17-16(14-4-2-8-18-14)15-5-3-9-19-15/h2-5,8-9,12-13,16-17H,6-7,10-11H2,1H3. The zero-order chi connectivity index (χ0) is 13.1. The van der Waals surface area contributed by atoms with Crippen molar-refractivity contribution in [3.8, 4) is 0 Å². The van der Waals surface area contributed by atoms with Gasteiger partial charge >= 0.3 is 0 Å². The Kier molecular flexibility index (Phi) is 4.36. The number of hydrogen-bond acceptors (Lipinski definition) is 3. The maximum absolute atomic E-state index is 3.81. The third-order valence-electron chi connectivity index (χ3n) is 4.07. The van der Waals surface area contributed by atoms with Gasteiger partial charge in [0.05, 0.1) is 6.04 Å². The zero-order valence-corrected chi connectivity index (χ0v) is 13.0. The van der Waals surface area contributed by atoms with E-state index in [-0.39, 0.29) is 0 Å². The normalized spacial score (nSPS) is 23.3. The molecular formula is C16H21NS2. The van der Waals surface area contributed by atoms with Crippen molar-refractivity contribution in [3.05, 3.63) is 44.8 Å². The molecule has 3 heteroatoms. The summed E-state index contributed by atoms with van der Waals surface area (Å²) in [7, 11) is 0. The van der Waals surface area contributed by atoms with Crippen molar-refractivity contribution in [1.82, 2.24) is 5.32 Å². The Bertz CT molecular complexity index is 441. The summed E-state index contributed by atoms with van der Waals surface area (Å²) in [5, 5.41) is 8.16. The first-order valence-electron chi connectivity index (χ1n) is 7.13. The molecule has 0 saturated heterocycles. The summed E-state index contributed by atoms with van der Waals surface area (Å²) in [5.41, 5.74) is 0. The fourth-order valence-electron chi connectivity index (χ4n) is 3.05. The Balaban J connectivity index is 1.67. The van der Waals surface area contributed by atoms with Crippen molar-refractivity contribution in [3.63, 3.8) is 0 Å². The number of nitrogens with one attached hydrogen (secondary N) is 1. The molecule has 0 spiro atoms. The lowest BCUT2D eigenvalue weighted by molar-refractivity contribution is 0.453. The van der Waals surface area contributed by atoms with Gasteiger partial charge < -0.3 is 5.32 Å². The van der Waals surface area contributed by atoms with Crippen LogP contribution in [0.25, 0.3) is 0 Å². The van der Waals surface area contributed by atoms with Crippen molar-refractivity contribution in [1.29, 1.82) is 0 Å². The molecule has 2 atom stereocenters. The highest BCUT2D eigenvalue weighted by Crippen LogP contribution is 2.32. The fraction of sp³-hybridized carbons (Fsp3) is 0.500. The van der Waals surface area contributed by atoms with E-state index in [1.54, 1.807) is 0 Å². The number of hydrogen-bond donors (Lipinski definition) is 1. The molecule has 2 heterocycles. The van der Waals surface area contributed by atoms with Crippen molar-refractivity contribution in [2.75, 3.05) is 6.54 Å². The van der Waals surface area contributed by atoms with Gasteiger partial charge in [0, 0.05) is 9.75 Å². The Morgan fingerprint density at radius 3 is 2.32 bits per heavy atom. The van der Waals surface area contributed by atoms with Crippen LogP contribution in [0.2, 0.25) is 0 Å². The van der Waals surface area contributed by atoms with Crippen LogP contribution in [0.3, 0.4) is 0 Å². The van der Waals surface area contributed by atoms with Crippen LogP contribution in [0.4, 0.5) is 0 Å². The zero-order valence-electron chi connectivity index (χ0n) is 11.3. The lowest BCUT2D eigenvalue weighted by Gasteiger charge is -2.19. The molecule has 1 fully saturated rings. The molecular weight excluding hydrogens is 270 g/mol. The highest BCUT2D eigenvalue weighted by Gasteiger charge is 2.23. The van der Waals surface area contributed by atoms with Gasteiger partial charge in [-0.05, 0) is 54.1 Å². The molecule has 1 saturated carbocycles. The van der Waals surface area contributed by atoms with Gasteiger partial charge in [-0.25, -0.2) is 0 Å². The third-order valence-corrected chi connectivity index (χ3v) is 5.94. The summed E-state index contributed by atoms with van der Waals surface area (Å²) in [5.74, 6) is 1.80. The van der Waals surface area contributed by atoms with E-state index >= 15 is 0 Å². The van der Waals surface area contributed by atoms with Gasteiger partial charge in [0.1, 0.15) is 0 Å². The summed E-state index contributed by atoms with van der Waals surface area (Å²) < 4.78 is 0. The van der Waals surface area contributed by atoms with Crippen molar-refractivity contribution in [2.45, 2.75) is 32.2 Å². The molecule has 1 aliphatic rings. The summed E-state index contributed by atoms with van der Waals surface area (Å²) >= 11 is 3.71. The van der Waals surface area contributed by atoms with Crippen LogP contribution >= 0.6 is 22.7 Å². The number of thiophene rings is 2. The molecule has 2 unspecified atom stereocenters. The molecule has 3 rings (SSSR count). The summed E-state index contributed by atoms with van der Waals surface area (Å²) in [6.07, 6.45) is 4.21. The van der Waals surface area contributed by atoms with Gasteiger partial charge in [0.25, 0.3) is 0 Å². The molecule has 2 aromatic heterocycles. The second-order valence-corrected chi connectivity index (χ2v) is 7.61. The summed E-state index contributed by atoms with van der Waals surface area (Å²) in [6.45, 7) is 3.54. The molecule has 2 aromatic rings. The van der Waals surface area contributed by atoms with Crippen molar-refractivity contribution in [2.24, 2.45) is 11.8 Å². The monoisotopic (exact) mass is 291 g/mol. The molecule has 19 heavy (non-hydrogen) atoms. The topological polar surface area (TPSA) is 12.0 Å². The first-order valence-corrected chi connectivity index (χ1v) is 8.89. The van der Waals surface area contributed by atoms with Crippen LogP contribution in [0.1, 0.15) is 42.0 Å². The van der Waals surface area contributed by atoms with E-state index in [1.807, 2.05) is 22.7 Å². The van der Waals surface area contributed by atoms with E-state index in [1.165, 1.54) is 29.0 Å². The van der Waals surface area contributed by atoms with E-state index in [0.29, 0.717) is 6.04 Å². The predicted octanol–water partition coefficient (Wildman–Crippen LogP) is 4.92. The highest BCUT2D eigenvalue weighted by atomic mass is 32.1. The molecule has 1 aliphatic carbocycles. The minimum Gasteiger partial charge on any atom is -0.305 e. The lowest BCUT2D eigenvalue weighted by Crippen LogP contribution is -2.26. The molecule has 102 valence electrons. The number of rotatable bonds is 5. The van der Waals surface area contributed by atoms with Gasteiger partial charge in [-0.15, -0.1) is 22.7 Å². The maximum Gasteiger partial charge on any atom is 0.0764 e. The summed E-state index contributed by atoms with van der Waals surface area (Å²) in [4.78, 5) is 2.88. The molecule has 0 aromatic carbocycles. The second kappa shape index (κ2) is 6.21. The van der Waals surface area contributed by atoms with Gasteiger partial charge in [-0.3, -0.25) is 0 Å². The molecule has 1 nitrogen and oxygen atoms in total. The quantitative estimate of drug-likeness (QED) is 0.824. The third kappa shape index (κ3) is 3.28. The van der Waals surface area contributed by atoms with Gasteiger partial charge in [-0.1, -0.05) is 25.5 Å². The van der Waals surface area contributed by atoms with Gasteiger partial charge in [0.15, 0.2) is 0 Å². The highest BCUT2D eigenvalue weighted by molar-refractivity contribution is 7.11. The van der Waals surface area contributed by atoms with Crippen LogP contribution in [0.15, 0.2) is 35.0 Å². The van der Waals surface area contributed by atoms with Crippen LogP contribution in [-0.2, 0) is 0 Å². The van der Waals surface area contributed by atoms with E-state index in [2.05, 4.69) is 47.3 Å². The minimum atomic E-state index is 0.399. The Morgan fingerprint density at radius 1 is 1.16 bits per heavy atom. The molecule has 0 amide bonds. The average molecular weight is 291 g/mol. The average Bonchev–Trinajstić information content (AvgIpc) is 3.11. The van der Waals surface area contributed by atoms with E-state index in [4.69, 9.17) is 0 Å². The first-order chi connectivity index (χ1) is 9.33. The molecule has 0 aliphatic heterocycles. The van der Waals surface area contributed by atoms with Crippen LogP contribution in [-0.4, -0.2) is 6.54 Å². The van der Waals surface area contributed by atoms with Crippen LogP contribution < -0.4 is 5.32 Å². The lowest BCUT2D eigenvalue weighted by atomic mass is 10.1. The fourth-order valence-corrected chi connectivity index (χ4v) is 4.76. The first kappa shape index (κ1) is 13.3. The van der Waals surface area contributed by atoms with Crippen LogP contribution in [0.5, 0.6) is 0 Å². The largest absolute Gasteiger partial charge is 0.305 e. The Morgan fingerprint density at radius 2 is 1.84 bits per heavy atom. The van der Waals surface area contributed by atoms with Gasteiger partial charge in [0.2, 0.25) is 0 Å². The predicted molar refractivity (Wildman–Crippen MR) is 85.0 cm³/mol. The van der Waals surface area contributed by atoms with Crippen LogP contribution in [0, 0.1) is 11.8 Å². The van der Waals surface area contributed by atoms with Crippen molar-refractivity contribution < 1.29 is 0 Å². The molecule has 1 N–H and O–H groups in total. The Labute approximate surface area is 123 Å². The minimum absolute atomic E-state index is 0.399. The van der Waals surface area contributed by atoms with E-state index in [0.717, 1.165) is 18.4 Å². The molecule has 0 bridgehead atoms. The second-order valence-electron chi connectivity index (χ2n) is 5.66. The van der Waals surface area contributed by atoms with E-state index in [9.17, 15) is 0 Å². The van der Waals surface area contributed by atoms with Gasteiger partial charge in [-0.2, -0.15) is 0 Å². The van der Waals surface area contributed by atoms with Crippen molar-refractivity contribution >= 4 is 22.7 Å². The SMILES string of the molecule is CC1CCC(CNC(c2cccs2)c2cccs2)C1. The Hall–Kier alpha value is -0.640.